The van der Waals surface area contributed by atoms with Crippen molar-refractivity contribution in [2.24, 2.45) is 0 Å². The third-order valence-electron chi connectivity index (χ3n) is 2.90. The van der Waals surface area contributed by atoms with Gasteiger partial charge in [-0.05, 0) is 37.1 Å². The van der Waals surface area contributed by atoms with Crippen molar-refractivity contribution in [3.63, 3.8) is 0 Å². The first-order valence-corrected chi connectivity index (χ1v) is 9.99. The largest absolute Gasteiger partial charge is 0.357 e. The number of ether oxygens (including phenoxy) is 2. The van der Waals surface area contributed by atoms with E-state index in [9.17, 15) is 0 Å². The zero-order valence-electron chi connectivity index (χ0n) is 13.1. The summed E-state index contributed by atoms with van der Waals surface area (Å²) in [5, 5.41) is 0. The SMILES string of the molecule is C=Cc1ccc(CSCCC[Si]C(OCC)OCC)cc1. The molecule has 0 fully saturated rings. The maximum atomic E-state index is 5.56. The fraction of sp³-hybridized carbons (Fsp3) is 0.529. The molecular weight excluding hydrogens is 296 g/mol. The Hall–Kier alpha value is -0.553. The van der Waals surface area contributed by atoms with E-state index in [4.69, 9.17) is 9.47 Å². The molecule has 0 saturated carbocycles. The molecule has 0 aliphatic carbocycles. The topological polar surface area (TPSA) is 18.5 Å². The molecule has 0 bridgehead atoms. The predicted molar refractivity (Wildman–Crippen MR) is 94.9 cm³/mol. The van der Waals surface area contributed by atoms with Crippen LogP contribution in [0, 0.1) is 0 Å². The molecule has 1 rings (SSSR count). The smallest absolute Gasteiger partial charge is 0.137 e. The van der Waals surface area contributed by atoms with Gasteiger partial charge in [0, 0.05) is 19.0 Å². The Bertz CT molecular complexity index is 375. The van der Waals surface area contributed by atoms with Crippen molar-refractivity contribution in [2.45, 2.75) is 38.0 Å². The lowest BCUT2D eigenvalue weighted by molar-refractivity contribution is -0.0827. The van der Waals surface area contributed by atoms with Gasteiger partial charge in [-0.3, -0.25) is 0 Å². The molecule has 0 amide bonds. The van der Waals surface area contributed by atoms with Crippen LogP contribution in [-0.4, -0.2) is 34.4 Å². The van der Waals surface area contributed by atoms with Crippen LogP contribution in [0.15, 0.2) is 30.8 Å². The number of hydrogen-bond donors (Lipinski definition) is 0. The number of rotatable bonds is 12. The molecule has 0 N–H and O–H groups in total. The van der Waals surface area contributed by atoms with Crippen molar-refractivity contribution in [1.82, 2.24) is 0 Å². The van der Waals surface area contributed by atoms with Gasteiger partial charge in [0.15, 0.2) is 0 Å². The maximum absolute atomic E-state index is 5.56. The zero-order chi connectivity index (χ0) is 15.3. The Labute approximate surface area is 136 Å². The molecule has 0 aliphatic rings. The molecule has 1 aromatic carbocycles. The Kier molecular flexibility index (Phi) is 10.6. The molecule has 2 nitrogen and oxygen atoms in total. The fourth-order valence-corrected chi connectivity index (χ4v) is 4.17. The number of hydrogen-bond acceptors (Lipinski definition) is 3. The van der Waals surface area contributed by atoms with E-state index < -0.39 is 0 Å². The minimum atomic E-state index is 0.0106. The van der Waals surface area contributed by atoms with E-state index >= 15 is 0 Å². The molecule has 0 spiro atoms. The number of thioether (sulfide) groups is 1. The molecule has 4 heteroatoms. The molecule has 2 radical (unpaired) electrons. The van der Waals surface area contributed by atoms with Crippen molar-refractivity contribution in [3.05, 3.63) is 42.0 Å². The summed E-state index contributed by atoms with van der Waals surface area (Å²) >= 11 is 2.00. The van der Waals surface area contributed by atoms with Gasteiger partial charge in [0.2, 0.25) is 0 Å². The second-order valence-electron chi connectivity index (χ2n) is 4.55. The van der Waals surface area contributed by atoms with Crippen LogP contribution in [0.4, 0.5) is 0 Å². The highest BCUT2D eigenvalue weighted by Crippen LogP contribution is 2.15. The minimum absolute atomic E-state index is 0.0106. The second kappa shape index (κ2) is 12.0. The van der Waals surface area contributed by atoms with E-state index in [1.165, 1.54) is 29.3 Å². The van der Waals surface area contributed by atoms with Gasteiger partial charge in [-0.2, -0.15) is 11.8 Å². The van der Waals surface area contributed by atoms with Crippen LogP contribution in [0.2, 0.25) is 6.04 Å². The fourth-order valence-electron chi connectivity index (χ4n) is 1.80. The van der Waals surface area contributed by atoms with Gasteiger partial charge in [-0.1, -0.05) is 43.0 Å². The summed E-state index contributed by atoms with van der Waals surface area (Å²) in [6.45, 7) is 9.27. The van der Waals surface area contributed by atoms with Crippen LogP contribution in [0.5, 0.6) is 0 Å². The standard InChI is InChI=1S/C17H26O2SSi/c1-4-15-8-10-16(11-9-15)14-20-12-7-13-21-17(18-5-2)19-6-3/h4,8-11,17H,1,5-7,12-14H2,2-3H3. The van der Waals surface area contributed by atoms with Gasteiger partial charge in [-0.15, -0.1) is 0 Å². The number of benzene rings is 1. The average Bonchev–Trinajstić information content (AvgIpc) is 2.51. The Morgan fingerprint density at radius 1 is 1.19 bits per heavy atom. The third-order valence-corrected chi connectivity index (χ3v) is 5.32. The van der Waals surface area contributed by atoms with Gasteiger partial charge in [0.25, 0.3) is 0 Å². The molecule has 0 heterocycles. The van der Waals surface area contributed by atoms with E-state index in [1.54, 1.807) is 0 Å². The van der Waals surface area contributed by atoms with Gasteiger partial charge < -0.3 is 9.47 Å². The van der Waals surface area contributed by atoms with Gasteiger partial charge in [0.05, 0.1) is 0 Å². The first-order chi connectivity index (χ1) is 10.3. The van der Waals surface area contributed by atoms with Gasteiger partial charge in [-0.25, -0.2) is 0 Å². The lowest BCUT2D eigenvalue weighted by atomic mass is 10.1. The Morgan fingerprint density at radius 2 is 1.86 bits per heavy atom. The third kappa shape index (κ3) is 8.46. The predicted octanol–water partition coefficient (Wildman–Crippen LogP) is 4.43. The van der Waals surface area contributed by atoms with Crippen LogP contribution >= 0.6 is 11.8 Å². The maximum Gasteiger partial charge on any atom is 0.137 e. The van der Waals surface area contributed by atoms with Crippen molar-refractivity contribution in [1.29, 1.82) is 0 Å². The first-order valence-electron chi connectivity index (χ1n) is 7.55. The molecule has 21 heavy (non-hydrogen) atoms. The van der Waals surface area contributed by atoms with Crippen LogP contribution in [-0.2, 0) is 15.2 Å². The molecule has 0 aliphatic heterocycles. The summed E-state index contributed by atoms with van der Waals surface area (Å²) in [5.74, 6) is 2.29. The molecular formula is C17H26O2SSi. The summed E-state index contributed by atoms with van der Waals surface area (Å²) in [4.78, 5) is 0. The van der Waals surface area contributed by atoms with Crippen LogP contribution in [0.25, 0.3) is 6.08 Å². The molecule has 0 atom stereocenters. The average molecular weight is 323 g/mol. The van der Waals surface area contributed by atoms with Crippen molar-refractivity contribution in [2.75, 3.05) is 19.0 Å². The molecule has 0 aromatic heterocycles. The van der Waals surface area contributed by atoms with E-state index in [1.807, 2.05) is 31.7 Å². The quantitative estimate of drug-likeness (QED) is 0.322. The van der Waals surface area contributed by atoms with Gasteiger partial charge in [0.1, 0.15) is 15.4 Å². The highest BCUT2D eigenvalue weighted by atomic mass is 32.2. The summed E-state index contributed by atoms with van der Waals surface area (Å²) in [6, 6.07) is 9.81. The van der Waals surface area contributed by atoms with Crippen LogP contribution in [0.3, 0.4) is 0 Å². The van der Waals surface area contributed by atoms with Crippen LogP contribution in [0.1, 0.15) is 31.4 Å². The Morgan fingerprint density at radius 3 is 2.43 bits per heavy atom. The normalized spacial score (nSPS) is 11.0. The van der Waals surface area contributed by atoms with Gasteiger partial charge >= 0.3 is 0 Å². The summed E-state index contributed by atoms with van der Waals surface area (Å²) < 4.78 is 11.1. The first kappa shape index (κ1) is 18.5. The molecule has 116 valence electrons. The summed E-state index contributed by atoms with van der Waals surface area (Å²) in [5.41, 5.74) is 2.57. The summed E-state index contributed by atoms with van der Waals surface area (Å²) in [7, 11) is 0.744. The molecule has 0 saturated heterocycles. The highest BCUT2D eigenvalue weighted by Gasteiger charge is 2.08. The second-order valence-corrected chi connectivity index (χ2v) is 7.03. The minimum Gasteiger partial charge on any atom is -0.357 e. The zero-order valence-corrected chi connectivity index (χ0v) is 15.0. The molecule has 0 unspecified atom stereocenters. The summed E-state index contributed by atoms with van der Waals surface area (Å²) in [6.07, 6.45) is 3.11. The van der Waals surface area contributed by atoms with Crippen molar-refractivity contribution >= 4 is 27.4 Å². The van der Waals surface area contributed by atoms with Crippen molar-refractivity contribution < 1.29 is 9.47 Å². The monoisotopic (exact) mass is 322 g/mol. The molecule has 1 aromatic rings. The van der Waals surface area contributed by atoms with Crippen molar-refractivity contribution in [3.8, 4) is 0 Å². The van der Waals surface area contributed by atoms with E-state index in [2.05, 4.69) is 30.8 Å². The Balaban J connectivity index is 2.09. The highest BCUT2D eigenvalue weighted by molar-refractivity contribution is 7.98. The van der Waals surface area contributed by atoms with E-state index in [-0.39, 0.29) is 5.91 Å². The van der Waals surface area contributed by atoms with E-state index in [0.717, 1.165) is 28.5 Å². The van der Waals surface area contributed by atoms with E-state index in [0.29, 0.717) is 0 Å². The van der Waals surface area contributed by atoms with Crippen LogP contribution < -0.4 is 0 Å². The lowest BCUT2D eigenvalue weighted by Crippen LogP contribution is -2.24. The lowest BCUT2D eigenvalue weighted by Gasteiger charge is -2.15.